The van der Waals surface area contributed by atoms with Gasteiger partial charge < -0.3 is 16.2 Å². The topological polar surface area (TPSA) is 106 Å². The predicted octanol–water partition coefficient (Wildman–Crippen LogP) is 0.616. The lowest BCUT2D eigenvalue weighted by Crippen LogP contribution is -2.21. The van der Waals surface area contributed by atoms with E-state index < -0.39 is 12.0 Å². The zero-order valence-electron chi connectivity index (χ0n) is 10.4. The van der Waals surface area contributed by atoms with E-state index in [0.717, 1.165) is 12.1 Å². The van der Waals surface area contributed by atoms with E-state index in [1.807, 2.05) is 19.3 Å². The van der Waals surface area contributed by atoms with E-state index in [-0.39, 0.29) is 0 Å². The van der Waals surface area contributed by atoms with Crippen molar-refractivity contribution in [2.45, 2.75) is 12.5 Å². The van der Waals surface area contributed by atoms with Crippen molar-refractivity contribution in [1.82, 2.24) is 14.8 Å². The molecule has 0 saturated heterocycles. The first-order valence-corrected chi connectivity index (χ1v) is 6.60. The Labute approximate surface area is 114 Å². The average Bonchev–Trinajstić information content (AvgIpc) is 2.98. The van der Waals surface area contributed by atoms with Crippen LogP contribution >= 0.6 is 11.3 Å². The van der Waals surface area contributed by atoms with Crippen molar-refractivity contribution in [3.63, 3.8) is 0 Å². The highest BCUT2D eigenvalue weighted by molar-refractivity contribution is 7.13. The van der Waals surface area contributed by atoms with Crippen molar-refractivity contribution in [2.75, 3.05) is 11.9 Å². The smallest absolute Gasteiger partial charge is 0.326 e. The number of hydrogen-bond acceptors (Lipinski definition) is 6. The molecule has 0 amide bonds. The van der Waals surface area contributed by atoms with Crippen LogP contribution in [0.1, 0.15) is 17.4 Å². The molecule has 0 saturated carbocycles. The highest BCUT2D eigenvalue weighted by Gasteiger charge is 2.17. The molecular formula is C11H15N5O2S. The first-order valence-electron chi connectivity index (χ1n) is 5.72. The van der Waals surface area contributed by atoms with Gasteiger partial charge in [-0.25, -0.2) is 4.98 Å². The lowest BCUT2D eigenvalue weighted by Gasteiger charge is -2.02. The number of anilines is 1. The molecule has 1 atom stereocenters. The normalized spacial score (nSPS) is 12.3. The van der Waals surface area contributed by atoms with E-state index in [0.29, 0.717) is 17.4 Å². The van der Waals surface area contributed by atoms with Gasteiger partial charge in [0.25, 0.3) is 0 Å². The Morgan fingerprint density at radius 2 is 2.47 bits per heavy atom. The Kier molecular flexibility index (Phi) is 4.13. The van der Waals surface area contributed by atoms with Crippen LogP contribution in [0.25, 0.3) is 0 Å². The first-order chi connectivity index (χ1) is 9.06. The number of carboxylic acid groups (broad SMARTS) is 1. The lowest BCUT2D eigenvalue weighted by atomic mass is 10.2. The van der Waals surface area contributed by atoms with Gasteiger partial charge >= 0.3 is 5.97 Å². The second kappa shape index (κ2) is 5.81. The first kappa shape index (κ1) is 13.5. The van der Waals surface area contributed by atoms with Crippen molar-refractivity contribution in [3.8, 4) is 0 Å². The molecule has 0 radical (unpaired) electrons. The molecule has 19 heavy (non-hydrogen) atoms. The molecular weight excluding hydrogens is 266 g/mol. The third-order valence-electron chi connectivity index (χ3n) is 2.53. The number of nitrogens with two attached hydrogens (primary N) is 1. The fourth-order valence-electron chi connectivity index (χ4n) is 1.53. The van der Waals surface area contributed by atoms with E-state index in [4.69, 9.17) is 10.8 Å². The molecule has 0 aliphatic heterocycles. The third kappa shape index (κ3) is 3.52. The molecule has 2 aromatic heterocycles. The van der Waals surface area contributed by atoms with Gasteiger partial charge in [0.15, 0.2) is 5.13 Å². The van der Waals surface area contributed by atoms with Gasteiger partial charge in [0, 0.05) is 31.6 Å². The number of rotatable bonds is 6. The summed E-state index contributed by atoms with van der Waals surface area (Å²) in [6.07, 6.45) is 2.67. The molecule has 0 aromatic carbocycles. The van der Waals surface area contributed by atoms with Crippen LogP contribution < -0.4 is 11.1 Å². The van der Waals surface area contributed by atoms with Gasteiger partial charge in [-0.1, -0.05) is 0 Å². The summed E-state index contributed by atoms with van der Waals surface area (Å²) in [5.41, 5.74) is 6.85. The van der Waals surface area contributed by atoms with Crippen molar-refractivity contribution >= 4 is 22.4 Å². The summed E-state index contributed by atoms with van der Waals surface area (Å²) in [4.78, 5) is 14.9. The van der Waals surface area contributed by atoms with Crippen LogP contribution in [0.3, 0.4) is 0 Å². The molecule has 2 heterocycles. The zero-order chi connectivity index (χ0) is 13.8. The number of nitrogens with zero attached hydrogens (tertiary/aromatic N) is 3. The quantitative estimate of drug-likeness (QED) is 0.716. The molecule has 0 aliphatic rings. The molecule has 102 valence electrons. The molecule has 0 aliphatic carbocycles. The highest BCUT2D eigenvalue weighted by atomic mass is 32.1. The number of hydrogen-bond donors (Lipinski definition) is 3. The maximum absolute atomic E-state index is 10.7. The summed E-state index contributed by atoms with van der Waals surface area (Å²) in [6.45, 7) is 0.687. The fraction of sp³-hybridized carbons (Fsp3) is 0.364. The van der Waals surface area contributed by atoms with Crippen molar-refractivity contribution in [2.24, 2.45) is 12.8 Å². The highest BCUT2D eigenvalue weighted by Crippen LogP contribution is 2.19. The number of aliphatic carboxylic acids is 1. The van der Waals surface area contributed by atoms with E-state index in [9.17, 15) is 4.79 Å². The molecule has 0 bridgehead atoms. The largest absolute Gasteiger partial charge is 0.480 e. The van der Waals surface area contributed by atoms with Crippen LogP contribution in [-0.2, 0) is 18.3 Å². The molecule has 0 spiro atoms. The second-order valence-electron chi connectivity index (χ2n) is 4.05. The molecule has 2 aromatic rings. The maximum Gasteiger partial charge on any atom is 0.326 e. The Hall–Kier alpha value is -1.93. The molecule has 1 unspecified atom stereocenters. The Morgan fingerprint density at radius 3 is 3.11 bits per heavy atom. The summed E-state index contributed by atoms with van der Waals surface area (Å²) in [6, 6.07) is 0.887. The Balaban J connectivity index is 1.85. The number of thiazole rings is 1. The van der Waals surface area contributed by atoms with Crippen molar-refractivity contribution < 1.29 is 9.90 Å². The minimum atomic E-state index is -1.08. The SMILES string of the molecule is Cn1ccc(CCNc2nc(C(N)C(=O)O)cs2)n1. The van der Waals surface area contributed by atoms with Crippen LogP contribution in [0.5, 0.6) is 0 Å². The van der Waals surface area contributed by atoms with Gasteiger partial charge in [-0.2, -0.15) is 5.10 Å². The van der Waals surface area contributed by atoms with E-state index >= 15 is 0 Å². The van der Waals surface area contributed by atoms with Crippen LogP contribution in [0.15, 0.2) is 17.6 Å². The van der Waals surface area contributed by atoms with Gasteiger partial charge in [-0.3, -0.25) is 9.48 Å². The Morgan fingerprint density at radius 1 is 1.68 bits per heavy atom. The van der Waals surface area contributed by atoms with Crippen LogP contribution in [-0.4, -0.2) is 32.4 Å². The van der Waals surface area contributed by atoms with Crippen LogP contribution in [0, 0.1) is 0 Å². The molecule has 2 rings (SSSR count). The standard InChI is InChI=1S/C11H15N5O2S/c1-16-5-3-7(15-16)2-4-13-11-14-8(6-19-11)9(12)10(17)18/h3,5-6,9H,2,4,12H2,1H3,(H,13,14)(H,17,18). The van der Waals surface area contributed by atoms with Gasteiger partial charge in [0.1, 0.15) is 6.04 Å². The summed E-state index contributed by atoms with van der Waals surface area (Å²) in [5, 5.41) is 18.5. The van der Waals surface area contributed by atoms with E-state index in [1.165, 1.54) is 11.3 Å². The lowest BCUT2D eigenvalue weighted by molar-refractivity contribution is -0.138. The monoisotopic (exact) mass is 281 g/mol. The second-order valence-corrected chi connectivity index (χ2v) is 4.91. The summed E-state index contributed by atoms with van der Waals surface area (Å²) < 4.78 is 1.75. The molecule has 4 N–H and O–H groups in total. The maximum atomic E-state index is 10.7. The molecule has 0 fully saturated rings. The minimum absolute atomic E-state index is 0.373. The summed E-state index contributed by atoms with van der Waals surface area (Å²) in [7, 11) is 1.87. The Bertz CT molecular complexity index is 565. The number of carboxylic acids is 1. The fourth-order valence-corrected chi connectivity index (χ4v) is 2.31. The van der Waals surface area contributed by atoms with Gasteiger partial charge in [-0.15, -0.1) is 11.3 Å². The molecule has 8 heteroatoms. The number of carbonyl (C=O) groups is 1. The van der Waals surface area contributed by atoms with Gasteiger partial charge in [0.05, 0.1) is 11.4 Å². The predicted molar refractivity (Wildman–Crippen MR) is 72.1 cm³/mol. The van der Waals surface area contributed by atoms with Gasteiger partial charge in [-0.05, 0) is 6.07 Å². The van der Waals surface area contributed by atoms with Crippen molar-refractivity contribution in [3.05, 3.63) is 29.0 Å². The van der Waals surface area contributed by atoms with Gasteiger partial charge in [0.2, 0.25) is 0 Å². The third-order valence-corrected chi connectivity index (χ3v) is 3.35. The minimum Gasteiger partial charge on any atom is -0.480 e. The number of aryl methyl sites for hydroxylation is 1. The number of aromatic nitrogens is 3. The summed E-state index contributed by atoms with van der Waals surface area (Å²) in [5.74, 6) is -1.08. The van der Waals surface area contributed by atoms with Crippen LogP contribution in [0.2, 0.25) is 0 Å². The van der Waals surface area contributed by atoms with E-state index in [1.54, 1.807) is 10.1 Å². The van der Waals surface area contributed by atoms with E-state index in [2.05, 4.69) is 15.4 Å². The van der Waals surface area contributed by atoms with Crippen LogP contribution in [0.4, 0.5) is 5.13 Å². The average molecular weight is 281 g/mol. The number of nitrogens with one attached hydrogen (secondary N) is 1. The summed E-state index contributed by atoms with van der Waals surface area (Å²) >= 11 is 1.34. The zero-order valence-corrected chi connectivity index (χ0v) is 11.2. The molecule has 7 nitrogen and oxygen atoms in total. The van der Waals surface area contributed by atoms with Crippen molar-refractivity contribution in [1.29, 1.82) is 0 Å².